The topological polar surface area (TPSA) is 52.7 Å². The van der Waals surface area contributed by atoms with Gasteiger partial charge >= 0.3 is 0 Å². The van der Waals surface area contributed by atoms with E-state index in [9.17, 15) is 0 Å². The van der Waals surface area contributed by atoms with Crippen molar-refractivity contribution in [2.45, 2.75) is 39.3 Å². The molecule has 0 fully saturated rings. The van der Waals surface area contributed by atoms with Gasteiger partial charge in [-0.25, -0.2) is 9.55 Å². The van der Waals surface area contributed by atoms with Gasteiger partial charge < -0.3 is 4.74 Å². The molecule has 0 aliphatic carbocycles. The van der Waals surface area contributed by atoms with Crippen molar-refractivity contribution >= 4 is 0 Å². The average Bonchev–Trinajstić information content (AvgIpc) is 2.69. The fraction of sp³-hybridized carbons (Fsp3) is 0.636. The quantitative estimate of drug-likeness (QED) is 0.545. The first-order valence-corrected chi connectivity index (χ1v) is 5.39. The number of unbranched alkanes of at least 4 members (excludes halogenated alkanes) is 2. The van der Waals surface area contributed by atoms with E-state index >= 15 is 0 Å². The van der Waals surface area contributed by atoms with E-state index in [-0.39, 0.29) is 0 Å². The highest BCUT2D eigenvalue weighted by Gasteiger charge is 2.09. The summed E-state index contributed by atoms with van der Waals surface area (Å²) in [5, 5.41) is 8.41. The van der Waals surface area contributed by atoms with Gasteiger partial charge in [0.25, 0.3) is 5.82 Å². The molecule has 1 aromatic heterocycles. The minimum absolute atomic E-state index is 0.627. The second kappa shape index (κ2) is 7.02. The van der Waals surface area contributed by atoms with E-state index in [1.165, 1.54) is 0 Å². The van der Waals surface area contributed by atoms with Gasteiger partial charge in [0.05, 0.1) is 12.6 Å². The van der Waals surface area contributed by atoms with E-state index in [0.29, 0.717) is 13.0 Å². The number of ether oxygens (including phenoxy) is 1. The molecule has 0 unspecified atom stereocenters. The summed E-state index contributed by atoms with van der Waals surface area (Å²) in [6, 6.07) is 2.15. The Balaban J connectivity index is 2.33. The Morgan fingerprint density at radius 2 is 2.40 bits per heavy atom. The van der Waals surface area contributed by atoms with E-state index in [1.807, 2.05) is 19.3 Å². The molecule has 0 saturated heterocycles. The highest BCUT2D eigenvalue weighted by Crippen LogP contribution is 1.96. The zero-order valence-electron chi connectivity index (χ0n) is 9.20. The van der Waals surface area contributed by atoms with Crippen LogP contribution < -0.4 is 4.57 Å². The van der Waals surface area contributed by atoms with Gasteiger partial charge in [-0.2, -0.15) is 5.26 Å². The number of rotatable bonds is 7. The van der Waals surface area contributed by atoms with Gasteiger partial charge in [-0.15, -0.1) is 0 Å². The van der Waals surface area contributed by atoms with Crippen molar-refractivity contribution in [2.24, 2.45) is 0 Å². The summed E-state index contributed by atoms with van der Waals surface area (Å²) >= 11 is 0. The first-order valence-electron chi connectivity index (χ1n) is 5.39. The van der Waals surface area contributed by atoms with Crippen molar-refractivity contribution in [3.8, 4) is 6.07 Å². The molecule has 0 spiro atoms. The summed E-state index contributed by atoms with van der Waals surface area (Å²) in [4.78, 5) is 3.15. The van der Waals surface area contributed by atoms with Crippen LogP contribution in [0.3, 0.4) is 0 Å². The third kappa shape index (κ3) is 4.13. The van der Waals surface area contributed by atoms with Crippen LogP contribution in [0.15, 0.2) is 12.4 Å². The van der Waals surface area contributed by atoms with Gasteiger partial charge in [0.1, 0.15) is 19.0 Å². The van der Waals surface area contributed by atoms with Crippen molar-refractivity contribution in [1.29, 1.82) is 5.26 Å². The standard InChI is InChI=1S/C11H17N3O/c1-2-15-10-11-13-7-9-14(11)8-5-3-4-6-12/h7,9H,2-5,8,10H2,1H3/p+1. The second-order valence-electron chi connectivity index (χ2n) is 3.35. The molecule has 1 rings (SSSR count). The average molecular weight is 208 g/mol. The zero-order valence-corrected chi connectivity index (χ0v) is 9.20. The summed E-state index contributed by atoms with van der Waals surface area (Å²) < 4.78 is 7.49. The molecule has 0 bridgehead atoms. The molecule has 0 aliphatic rings. The zero-order chi connectivity index (χ0) is 10.9. The molecule has 1 heterocycles. The Morgan fingerprint density at radius 1 is 1.53 bits per heavy atom. The maximum Gasteiger partial charge on any atom is 0.280 e. The van der Waals surface area contributed by atoms with E-state index < -0.39 is 0 Å². The largest absolute Gasteiger partial charge is 0.369 e. The Morgan fingerprint density at radius 3 is 3.13 bits per heavy atom. The highest BCUT2D eigenvalue weighted by molar-refractivity contribution is 4.74. The molecule has 0 aromatic carbocycles. The number of aromatic amines is 1. The summed E-state index contributed by atoms with van der Waals surface area (Å²) in [5.74, 6) is 1.09. The van der Waals surface area contributed by atoms with Crippen LogP contribution in [0.1, 0.15) is 32.0 Å². The highest BCUT2D eigenvalue weighted by atomic mass is 16.5. The molecule has 15 heavy (non-hydrogen) atoms. The minimum atomic E-state index is 0.627. The van der Waals surface area contributed by atoms with Gasteiger partial charge in [0, 0.05) is 13.0 Å². The van der Waals surface area contributed by atoms with Gasteiger partial charge in [-0.1, -0.05) is 0 Å². The van der Waals surface area contributed by atoms with Crippen molar-refractivity contribution < 1.29 is 9.30 Å². The van der Waals surface area contributed by atoms with Gasteiger partial charge in [-0.3, -0.25) is 0 Å². The summed E-state index contributed by atoms with van der Waals surface area (Å²) in [5.41, 5.74) is 0. The molecule has 0 amide bonds. The van der Waals surface area contributed by atoms with Gasteiger partial charge in [0.2, 0.25) is 0 Å². The Hall–Kier alpha value is -1.34. The second-order valence-corrected chi connectivity index (χ2v) is 3.35. The van der Waals surface area contributed by atoms with Crippen LogP contribution in [0.25, 0.3) is 0 Å². The third-order valence-electron chi connectivity index (χ3n) is 2.23. The fourth-order valence-electron chi connectivity index (χ4n) is 1.42. The molecule has 0 aliphatic heterocycles. The first kappa shape index (κ1) is 11.7. The van der Waals surface area contributed by atoms with Crippen LogP contribution >= 0.6 is 0 Å². The molecule has 0 radical (unpaired) electrons. The van der Waals surface area contributed by atoms with Crippen LogP contribution in [-0.4, -0.2) is 11.6 Å². The van der Waals surface area contributed by atoms with Crippen molar-refractivity contribution in [1.82, 2.24) is 4.98 Å². The molecular weight excluding hydrogens is 190 g/mol. The van der Waals surface area contributed by atoms with Crippen LogP contribution in [0.4, 0.5) is 0 Å². The number of H-pyrrole nitrogens is 1. The maximum atomic E-state index is 8.41. The number of nitriles is 1. The lowest BCUT2D eigenvalue weighted by molar-refractivity contribution is -0.705. The Labute approximate surface area is 90.5 Å². The Kier molecular flexibility index (Phi) is 5.49. The summed E-state index contributed by atoms with van der Waals surface area (Å²) in [7, 11) is 0. The van der Waals surface area contributed by atoms with E-state index in [1.54, 1.807) is 0 Å². The number of hydrogen-bond acceptors (Lipinski definition) is 2. The third-order valence-corrected chi connectivity index (χ3v) is 2.23. The number of aromatic nitrogens is 2. The van der Waals surface area contributed by atoms with Gasteiger partial charge in [-0.05, 0) is 19.8 Å². The predicted octanol–water partition coefficient (Wildman–Crippen LogP) is 1.53. The number of imidazole rings is 1. The lowest BCUT2D eigenvalue weighted by Gasteiger charge is -2.00. The van der Waals surface area contributed by atoms with E-state index in [4.69, 9.17) is 10.00 Å². The minimum Gasteiger partial charge on any atom is -0.369 e. The van der Waals surface area contributed by atoms with Crippen LogP contribution in [0, 0.1) is 11.3 Å². The lowest BCUT2D eigenvalue weighted by atomic mass is 10.2. The smallest absolute Gasteiger partial charge is 0.280 e. The predicted molar refractivity (Wildman–Crippen MR) is 55.8 cm³/mol. The molecule has 4 nitrogen and oxygen atoms in total. The van der Waals surface area contributed by atoms with Crippen molar-refractivity contribution in [2.75, 3.05) is 6.61 Å². The van der Waals surface area contributed by atoms with E-state index in [2.05, 4.69) is 15.6 Å². The fourth-order valence-corrected chi connectivity index (χ4v) is 1.42. The molecular formula is C11H18N3O+. The number of nitrogens with one attached hydrogen (secondary N) is 1. The number of nitrogens with zero attached hydrogens (tertiary/aromatic N) is 2. The van der Waals surface area contributed by atoms with E-state index in [0.717, 1.165) is 31.8 Å². The van der Waals surface area contributed by atoms with Crippen molar-refractivity contribution in [3.63, 3.8) is 0 Å². The van der Waals surface area contributed by atoms with Crippen LogP contribution in [-0.2, 0) is 17.9 Å². The van der Waals surface area contributed by atoms with Gasteiger partial charge in [0.15, 0.2) is 0 Å². The molecule has 0 atom stereocenters. The molecule has 0 saturated carbocycles. The number of aryl methyl sites for hydroxylation is 1. The number of hydrogen-bond donors (Lipinski definition) is 1. The Bertz CT molecular complexity index is 314. The normalized spacial score (nSPS) is 10.1. The summed E-state index contributed by atoms with van der Waals surface area (Å²) in [6.07, 6.45) is 6.57. The summed E-state index contributed by atoms with van der Waals surface area (Å²) in [6.45, 7) is 4.29. The molecule has 4 heteroatoms. The first-order chi connectivity index (χ1) is 7.38. The van der Waals surface area contributed by atoms with Crippen LogP contribution in [0.5, 0.6) is 0 Å². The molecule has 1 aromatic rings. The lowest BCUT2D eigenvalue weighted by Crippen LogP contribution is -2.36. The molecule has 82 valence electrons. The molecule has 1 N–H and O–H groups in total. The maximum absolute atomic E-state index is 8.41. The monoisotopic (exact) mass is 208 g/mol. The van der Waals surface area contributed by atoms with Crippen LogP contribution in [0.2, 0.25) is 0 Å². The SMILES string of the molecule is CCOCc1[nH]cc[n+]1CCCCC#N. The van der Waals surface area contributed by atoms with Crippen molar-refractivity contribution in [3.05, 3.63) is 18.2 Å².